The number of nitrogens with zero attached hydrogens (tertiary/aromatic N) is 5. The van der Waals surface area contributed by atoms with Gasteiger partial charge in [0.25, 0.3) is 5.95 Å². The van der Waals surface area contributed by atoms with Crippen LogP contribution in [0.5, 0.6) is 0 Å². The molecule has 22 heavy (non-hydrogen) atoms. The van der Waals surface area contributed by atoms with Crippen molar-refractivity contribution in [1.29, 1.82) is 0 Å². The molecule has 0 spiro atoms. The molecule has 3 heterocycles. The third-order valence-corrected chi connectivity index (χ3v) is 4.33. The summed E-state index contributed by atoms with van der Waals surface area (Å²) in [5.74, 6) is 3.09. The highest BCUT2D eigenvalue weighted by Gasteiger charge is 2.27. The van der Waals surface area contributed by atoms with Crippen LogP contribution in [0.3, 0.4) is 0 Å². The smallest absolute Gasteiger partial charge is 0.266 e. The first kappa shape index (κ1) is 15.1. The van der Waals surface area contributed by atoms with E-state index in [9.17, 15) is 0 Å². The second kappa shape index (κ2) is 6.94. The SMILES string of the molecule is CCCCn1ccnc1[C@H]1CCCN(c2noc(CC)n2)C1. The predicted molar refractivity (Wildman–Crippen MR) is 85.0 cm³/mol. The molecular formula is C16H25N5O. The third kappa shape index (κ3) is 3.15. The van der Waals surface area contributed by atoms with Gasteiger partial charge in [-0.05, 0) is 24.4 Å². The molecule has 0 aliphatic carbocycles. The van der Waals surface area contributed by atoms with E-state index >= 15 is 0 Å². The molecule has 0 N–H and O–H groups in total. The molecule has 0 radical (unpaired) electrons. The van der Waals surface area contributed by atoms with E-state index in [0.29, 0.717) is 11.8 Å². The summed E-state index contributed by atoms with van der Waals surface area (Å²) >= 11 is 0. The van der Waals surface area contributed by atoms with Crippen LogP contribution < -0.4 is 4.90 Å². The number of unbranched alkanes of at least 4 members (excludes halogenated alkanes) is 1. The van der Waals surface area contributed by atoms with E-state index in [1.807, 2.05) is 13.1 Å². The molecule has 1 fully saturated rings. The van der Waals surface area contributed by atoms with Crippen LogP contribution in [0.2, 0.25) is 0 Å². The van der Waals surface area contributed by atoms with E-state index in [0.717, 1.165) is 38.4 Å². The Kier molecular flexibility index (Phi) is 4.75. The lowest BCUT2D eigenvalue weighted by atomic mass is 9.97. The van der Waals surface area contributed by atoms with Gasteiger partial charge in [-0.1, -0.05) is 20.3 Å². The number of imidazole rings is 1. The summed E-state index contributed by atoms with van der Waals surface area (Å²) in [6.45, 7) is 7.23. The molecule has 2 aromatic rings. The fraction of sp³-hybridized carbons (Fsp3) is 0.688. The maximum atomic E-state index is 5.25. The van der Waals surface area contributed by atoms with Gasteiger partial charge in [-0.2, -0.15) is 4.98 Å². The zero-order chi connectivity index (χ0) is 15.4. The van der Waals surface area contributed by atoms with Gasteiger partial charge in [0.2, 0.25) is 5.89 Å². The van der Waals surface area contributed by atoms with Crippen molar-refractivity contribution >= 4 is 5.95 Å². The molecule has 6 heteroatoms. The highest BCUT2D eigenvalue weighted by atomic mass is 16.5. The largest absolute Gasteiger partial charge is 0.337 e. The molecule has 0 unspecified atom stereocenters. The van der Waals surface area contributed by atoms with E-state index in [4.69, 9.17) is 4.52 Å². The molecule has 2 aromatic heterocycles. The average molecular weight is 303 g/mol. The van der Waals surface area contributed by atoms with Crippen LogP contribution in [0.25, 0.3) is 0 Å². The number of hydrogen-bond acceptors (Lipinski definition) is 5. The van der Waals surface area contributed by atoms with Crippen LogP contribution in [0.1, 0.15) is 57.2 Å². The van der Waals surface area contributed by atoms with Crippen molar-refractivity contribution in [2.45, 2.75) is 58.4 Å². The summed E-state index contributed by atoms with van der Waals surface area (Å²) in [7, 11) is 0. The first-order valence-corrected chi connectivity index (χ1v) is 8.40. The highest BCUT2D eigenvalue weighted by Crippen LogP contribution is 2.28. The Morgan fingerprint density at radius 3 is 3.05 bits per heavy atom. The van der Waals surface area contributed by atoms with E-state index in [1.165, 1.54) is 25.1 Å². The Labute approximate surface area is 131 Å². The number of piperidine rings is 1. The lowest BCUT2D eigenvalue weighted by molar-refractivity contribution is 0.378. The Bertz CT molecular complexity index is 591. The number of aryl methyl sites for hydroxylation is 2. The molecule has 3 rings (SSSR count). The standard InChI is InChI=1S/C16H25N5O/c1-3-5-9-20-11-8-17-15(20)13-7-6-10-21(12-13)16-18-14(4-2)22-19-16/h8,11,13H,3-7,9-10,12H2,1-2H3/t13-/m0/s1. The minimum Gasteiger partial charge on any atom is -0.337 e. The second-order valence-corrected chi connectivity index (χ2v) is 5.96. The van der Waals surface area contributed by atoms with Crippen molar-refractivity contribution in [2.24, 2.45) is 0 Å². The number of rotatable bonds is 6. The quantitative estimate of drug-likeness (QED) is 0.821. The number of hydrogen-bond donors (Lipinski definition) is 0. The molecule has 120 valence electrons. The molecule has 6 nitrogen and oxygen atoms in total. The fourth-order valence-electron chi connectivity index (χ4n) is 3.09. The van der Waals surface area contributed by atoms with Crippen LogP contribution >= 0.6 is 0 Å². The lowest BCUT2D eigenvalue weighted by Gasteiger charge is -2.31. The predicted octanol–water partition coefficient (Wildman–Crippen LogP) is 3.01. The summed E-state index contributed by atoms with van der Waals surface area (Å²) in [4.78, 5) is 11.3. The van der Waals surface area contributed by atoms with Gasteiger partial charge in [0.15, 0.2) is 0 Å². The zero-order valence-corrected chi connectivity index (χ0v) is 13.5. The van der Waals surface area contributed by atoms with Gasteiger partial charge < -0.3 is 14.0 Å². The van der Waals surface area contributed by atoms with Gasteiger partial charge in [-0.3, -0.25) is 0 Å². The monoisotopic (exact) mass is 303 g/mol. The van der Waals surface area contributed by atoms with Gasteiger partial charge in [-0.15, -0.1) is 0 Å². The number of anilines is 1. The molecule has 1 atom stereocenters. The summed E-state index contributed by atoms with van der Waals surface area (Å²) in [6.07, 6.45) is 9.54. The van der Waals surface area contributed by atoms with Crippen molar-refractivity contribution < 1.29 is 4.52 Å². The Balaban J connectivity index is 1.71. The molecule has 1 aliphatic heterocycles. The van der Waals surface area contributed by atoms with Crippen molar-refractivity contribution in [3.8, 4) is 0 Å². The average Bonchev–Trinajstić information content (AvgIpc) is 3.22. The molecule has 1 aliphatic rings. The van der Waals surface area contributed by atoms with Crippen LogP contribution in [-0.4, -0.2) is 32.8 Å². The van der Waals surface area contributed by atoms with Crippen LogP contribution in [0.15, 0.2) is 16.9 Å². The lowest BCUT2D eigenvalue weighted by Crippen LogP contribution is -2.36. The fourth-order valence-corrected chi connectivity index (χ4v) is 3.09. The number of aromatic nitrogens is 4. The van der Waals surface area contributed by atoms with Gasteiger partial charge in [0, 0.05) is 44.4 Å². The topological polar surface area (TPSA) is 60.0 Å². The zero-order valence-electron chi connectivity index (χ0n) is 13.5. The van der Waals surface area contributed by atoms with E-state index in [1.54, 1.807) is 0 Å². The van der Waals surface area contributed by atoms with Gasteiger partial charge in [0.1, 0.15) is 5.82 Å². The molecule has 1 saturated heterocycles. The van der Waals surface area contributed by atoms with Crippen molar-refractivity contribution in [2.75, 3.05) is 18.0 Å². The summed E-state index contributed by atoms with van der Waals surface area (Å²) in [6, 6.07) is 0. The molecule has 0 bridgehead atoms. The molecule has 0 aromatic carbocycles. The van der Waals surface area contributed by atoms with Crippen LogP contribution in [0, 0.1) is 0 Å². The molecule has 0 saturated carbocycles. The van der Waals surface area contributed by atoms with Crippen molar-refractivity contribution in [1.82, 2.24) is 19.7 Å². The maximum Gasteiger partial charge on any atom is 0.266 e. The highest BCUT2D eigenvalue weighted by molar-refractivity contribution is 5.30. The summed E-state index contributed by atoms with van der Waals surface area (Å²) in [5, 5.41) is 4.11. The molecule has 0 amide bonds. The van der Waals surface area contributed by atoms with E-state index in [2.05, 4.69) is 37.7 Å². The Hall–Kier alpha value is -1.85. The second-order valence-electron chi connectivity index (χ2n) is 5.96. The maximum absolute atomic E-state index is 5.25. The minimum atomic E-state index is 0.448. The van der Waals surface area contributed by atoms with Crippen LogP contribution in [-0.2, 0) is 13.0 Å². The van der Waals surface area contributed by atoms with E-state index in [-0.39, 0.29) is 0 Å². The van der Waals surface area contributed by atoms with E-state index < -0.39 is 0 Å². The van der Waals surface area contributed by atoms with Crippen molar-refractivity contribution in [3.63, 3.8) is 0 Å². The molecular weight excluding hydrogens is 278 g/mol. The summed E-state index contributed by atoms with van der Waals surface area (Å²) < 4.78 is 7.56. The van der Waals surface area contributed by atoms with Crippen molar-refractivity contribution in [3.05, 3.63) is 24.1 Å². The first-order valence-electron chi connectivity index (χ1n) is 8.40. The third-order valence-electron chi connectivity index (χ3n) is 4.33. The normalized spacial score (nSPS) is 18.8. The van der Waals surface area contributed by atoms with Gasteiger partial charge >= 0.3 is 0 Å². The Morgan fingerprint density at radius 1 is 1.36 bits per heavy atom. The summed E-state index contributed by atoms with van der Waals surface area (Å²) in [5.41, 5.74) is 0. The van der Waals surface area contributed by atoms with Gasteiger partial charge in [-0.25, -0.2) is 4.98 Å². The van der Waals surface area contributed by atoms with Gasteiger partial charge in [0.05, 0.1) is 0 Å². The minimum absolute atomic E-state index is 0.448. The first-order chi connectivity index (χ1) is 10.8. The van der Waals surface area contributed by atoms with Crippen LogP contribution in [0.4, 0.5) is 5.95 Å². The Morgan fingerprint density at radius 2 is 2.27 bits per heavy atom.